The van der Waals surface area contributed by atoms with Crippen LogP contribution < -0.4 is 4.74 Å². The zero-order chi connectivity index (χ0) is 14.9. The van der Waals surface area contributed by atoms with E-state index in [1.165, 1.54) is 12.1 Å². The van der Waals surface area contributed by atoms with E-state index in [0.717, 1.165) is 0 Å². The maximum absolute atomic E-state index is 11.3. The molecule has 0 fully saturated rings. The van der Waals surface area contributed by atoms with Gasteiger partial charge in [-0.1, -0.05) is 23.2 Å². The Kier molecular flexibility index (Phi) is 4.49. The van der Waals surface area contributed by atoms with E-state index in [1.54, 1.807) is 17.0 Å². The van der Waals surface area contributed by atoms with Crippen molar-refractivity contribution in [2.75, 3.05) is 0 Å². The maximum Gasteiger partial charge on any atom is 0.262 e. The average molecular weight is 356 g/mol. The lowest BCUT2D eigenvalue weighted by Crippen LogP contribution is -2.04. The summed E-state index contributed by atoms with van der Waals surface area (Å²) in [6, 6.07) is 2.64. The predicted octanol–water partition coefficient (Wildman–Crippen LogP) is 3.23. The molecule has 0 aliphatic carbocycles. The second-order valence-corrected chi connectivity index (χ2v) is 7.16. The highest BCUT2D eigenvalue weighted by molar-refractivity contribution is 8.13. The fraction of sp³-hybridized carbons (Fsp3) is 0.182. The van der Waals surface area contributed by atoms with Gasteiger partial charge in [0.2, 0.25) is 0 Å². The molecule has 0 radical (unpaired) electrons. The lowest BCUT2D eigenvalue weighted by molar-refractivity contribution is 0.292. The molecule has 0 atom stereocenters. The van der Waals surface area contributed by atoms with Crippen LogP contribution in [-0.4, -0.2) is 18.0 Å². The van der Waals surface area contributed by atoms with E-state index in [9.17, 15) is 8.42 Å². The number of imidazole rings is 1. The smallest absolute Gasteiger partial charge is 0.262 e. The van der Waals surface area contributed by atoms with Crippen LogP contribution in [-0.2, 0) is 22.7 Å². The van der Waals surface area contributed by atoms with Crippen molar-refractivity contribution in [1.29, 1.82) is 0 Å². The number of hydrogen-bond donors (Lipinski definition) is 0. The van der Waals surface area contributed by atoms with E-state index < -0.39 is 9.05 Å². The first-order chi connectivity index (χ1) is 9.30. The molecule has 0 bridgehead atoms. The predicted molar refractivity (Wildman–Crippen MR) is 77.0 cm³/mol. The third-order valence-electron chi connectivity index (χ3n) is 2.55. The van der Waals surface area contributed by atoms with Crippen LogP contribution in [0.1, 0.15) is 5.82 Å². The Morgan fingerprint density at radius 1 is 1.30 bits per heavy atom. The van der Waals surface area contributed by atoms with Gasteiger partial charge in [0.15, 0.2) is 0 Å². The Morgan fingerprint density at radius 2 is 2.00 bits per heavy atom. The molecule has 9 heteroatoms. The van der Waals surface area contributed by atoms with Crippen molar-refractivity contribution in [2.45, 2.75) is 11.5 Å². The van der Waals surface area contributed by atoms with Crippen LogP contribution in [0, 0.1) is 0 Å². The summed E-state index contributed by atoms with van der Waals surface area (Å²) >= 11 is 11.9. The van der Waals surface area contributed by atoms with E-state index >= 15 is 0 Å². The molecule has 108 valence electrons. The minimum absolute atomic E-state index is 0.0115. The molecule has 2 aromatic rings. The summed E-state index contributed by atoms with van der Waals surface area (Å²) in [5, 5.41) is -0.179. The highest BCUT2D eigenvalue weighted by Crippen LogP contribution is 2.38. The average Bonchev–Trinajstić information content (AvgIpc) is 2.75. The second-order valence-electron chi connectivity index (χ2n) is 3.87. The molecular formula is C11H9Cl3N2O3S. The van der Waals surface area contributed by atoms with E-state index in [-0.39, 0.29) is 27.3 Å². The Bertz CT molecular complexity index is 743. The fourth-order valence-electron chi connectivity index (χ4n) is 1.49. The van der Waals surface area contributed by atoms with Crippen molar-refractivity contribution in [2.24, 2.45) is 7.05 Å². The van der Waals surface area contributed by atoms with Gasteiger partial charge in [-0.15, -0.1) is 0 Å². The molecular weight excluding hydrogens is 347 g/mol. The highest BCUT2D eigenvalue weighted by Gasteiger charge is 2.20. The molecule has 0 saturated carbocycles. The topological polar surface area (TPSA) is 61.2 Å². The quantitative estimate of drug-likeness (QED) is 0.790. The normalized spacial score (nSPS) is 11.6. The minimum atomic E-state index is -3.95. The molecule has 2 rings (SSSR count). The van der Waals surface area contributed by atoms with Gasteiger partial charge in [0.05, 0.1) is 5.02 Å². The molecule has 1 aromatic heterocycles. The zero-order valence-corrected chi connectivity index (χ0v) is 13.3. The molecule has 0 unspecified atom stereocenters. The van der Waals surface area contributed by atoms with Crippen LogP contribution in [0.2, 0.25) is 10.0 Å². The molecule has 0 N–H and O–H groups in total. The summed E-state index contributed by atoms with van der Waals surface area (Å²) in [4.78, 5) is 3.83. The van der Waals surface area contributed by atoms with Crippen LogP contribution in [0.3, 0.4) is 0 Å². The number of hydrogen-bond acceptors (Lipinski definition) is 4. The molecule has 20 heavy (non-hydrogen) atoms. The van der Waals surface area contributed by atoms with Crippen LogP contribution in [0.4, 0.5) is 0 Å². The van der Waals surface area contributed by atoms with Gasteiger partial charge >= 0.3 is 0 Å². The van der Waals surface area contributed by atoms with E-state index in [4.69, 9.17) is 38.6 Å². The SMILES string of the molecule is Cn1ccnc1COc1ccc(S(=O)(=O)Cl)c(Cl)c1Cl. The van der Waals surface area contributed by atoms with Gasteiger partial charge in [0.1, 0.15) is 28.1 Å². The molecule has 0 saturated heterocycles. The Hall–Kier alpha value is -0.950. The number of halogens is 3. The van der Waals surface area contributed by atoms with Gasteiger partial charge in [0.25, 0.3) is 9.05 Å². The molecule has 0 spiro atoms. The Morgan fingerprint density at radius 3 is 2.55 bits per heavy atom. The third-order valence-corrected chi connectivity index (χ3v) is 4.89. The van der Waals surface area contributed by atoms with Crippen molar-refractivity contribution in [1.82, 2.24) is 9.55 Å². The molecule has 0 aliphatic heterocycles. The van der Waals surface area contributed by atoms with Crippen LogP contribution in [0.15, 0.2) is 29.4 Å². The third kappa shape index (κ3) is 3.20. The summed E-state index contributed by atoms with van der Waals surface area (Å²) in [6.07, 6.45) is 3.41. The van der Waals surface area contributed by atoms with Crippen LogP contribution in [0.5, 0.6) is 5.75 Å². The first kappa shape index (κ1) is 15.4. The second kappa shape index (κ2) is 5.81. The van der Waals surface area contributed by atoms with Crippen molar-refractivity contribution in [3.63, 3.8) is 0 Å². The molecule has 0 aliphatic rings. The summed E-state index contributed by atoms with van der Waals surface area (Å²) in [6.45, 7) is 0.173. The van der Waals surface area contributed by atoms with Gasteiger partial charge in [-0.05, 0) is 12.1 Å². The summed E-state index contributed by atoms with van der Waals surface area (Å²) in [5.74, 6) is 0.940. The van der Waals surface area contributed by atoms with Gasteiger partial charge in [-0.25, -0.2) is 13.4 Å². The van der Waals surface area contributed by atoms with Crippen LogP contribution in [0.25, 0.3) is 0 Å². The van der Waals surface area contributed by atoms with Gasteiger partial charge in [-0.2, -0.15) is 0 Å². The first-order valence-electron chi connectivity index (χ1n) is 5.32. The van der Waals surface area contributed by atoms with Crippen molar-refractivity contribution < 1.29 is 13.2 Å². The highest BCUT2D eigenvalue weighted by atomic mass is 35.7. The van der Waals surface area contributed by atoms with E-state index in [0.29, 0.717) is 5.82 Å². The number of ether oxygens (including phenoxy) is 1. The van der Waals surface area contributed by atoms with Gasteiger partial charge in [-0.3, -0.25) is 0 Å². The van der Waals surface area contributed by atoms with Crippen molar-refractivity contribution in [3.8, 4) is 5.75 Å². The lowest BCUT2D eigenvalue weighted by Gasteiger charge is -2.10. The van der Waals surface area contributed by atoms with Crippen molar-refractivity contribution >= 4 is 42.9 Å². The van der Waals surface area contributed by atoms with Gasteiger partial charge in [0, 0.05) is 30.1 Å². The van der Waals surface area contributed by atoms with E-state index in [2.05, 4.69) is 4.98 Å². The summed E-state index contributed by atoms with van der Waals surface area (Å²) < 4.78 is 29.8. The standard InChI is InChI=1S/C11H9Cl3N2O3S/c1-16-5-4-15-9(16)6-19-7-2-3-8(20(14,17)18)11(13)10(7)12/h2-5H,6H2,1H3. The number of benzene rings is 1. The van der Waals surface area contributed by atoms with Crippen molar-refractivity contribution in [3.05, 3.63) is 40.4 Å². The maximum atomic E-state index is 11.3. The molecule has 1 heterocycles. The summed E-state index contributed by atoms with van der Waals surface area (Å²) in [5.41, 5.74) is 0. The first-order valence-corrected chi connectivity index (χ1v) is 8.39. The number of aromatic nitrogens is 2. The number of aryl methyl sites for hydroxylation is 1. The van der Waals surface area contributed by atoms with Crippen LogP contribution >= 0.6 is 33.9 Å². The Labute approximate surface area is 130 Å². The number of nitrogens with zero attached hydrogens (tertiary/aromatic N) is 2. The van der Waals surface area contributed by atoms with Gasteiger partial charge < -0.3 is 9.30 Å². The monoisotopic (exact) mass is 354 g/mol. The minimum Gasteiger partial charge on any atom is -0.484 e. The number of rotatable bonds is 4. The fourth-order valence-corrected chi connectivity index (χ4v) is 3.28. The lowest BCUT2D eigenvalue weighted by atomic mass is 10.3. The largest absolute Gasteiger partial charge is 0.484 e. The molecule has 5 nitrogen and oxygen atoms in total. The Balaban J connectivity index is 2.27. The summed E-state index contributed by atoms with van der Waals surface area (Å²) in [7, 11) is 3.11. The van der Waals surface area contributed by atoms with E-state index in [1.807, 2.05) is 7.05 Å². The molecule has 1 aromatic carbocycles. The zero-order valence-electron chi connectivity index (χ0n) is 10.2. The molecule has 0 amide bonds.